The Hall–Kier alpha value is -1.83. The van der Waals surface area contributed by atoms with Crippen molar-refractivity contribution in [2.24, 2.45) is 0 Å². The van der Waals surface area contributed by atoms with E-state index in [2.05, 4.69) is 13.2 Å². The standard InChI is InChI=1S/C14H16O2/c1-5-12-7-10(3)8-13(6-2)14(12)9-16-11(4)15/h5-8H,1-2,9H2,3-4H3. The zero-order valence-corrected chi connectivity index (χ0v) is 9.75. The molecule has 0 atom stereocenters. The monoisotopic (exact) mass is 216 g/mol. The van der Waals surface area contributed by atoms with Crippen LogP contribution in [0.4, 0.5) is 0 Å². The Kier molecular flexibility index (Phi) is 4.06. The van der Waals surface area contributed by atoms with Gasteiger partial charge >= 0.3 is 5.97 Å². The number of benzene rings is 1. The smallest absolute Gasteiger partial charge is 0.302 e. The molecule has 0 aliphatic carbocycles. The van der Waals surface area contributed by atoms with Crippen molar-refractivity contribution in [3.05, 3.63) is 47.5 Å². The molecule has 0 aliphatic heterocycles. The second-order valence-corrected chi connectivity index (χ2v) is 3.61. The molecule has 2 nitrogen and oxygen atoms in total. The Labute approximate surface area is 96.2 Å². The minimum Gasteiger partial charge on any atom is -0.461 e. The molecule has 84 valence electrons. The summed E-state index contributed by atoms with van der Waals surface area (Å²) in [6.45, 7) is 11.2. The summed E-state index contributed by atoms with van der Waals surface area (Å²) in [5.74, 6) is -0.286. The topological polar surface area (TPSA) is 26.3 Å². The molecule has 0 spiro atoms. The van der Waals surface area contributed by atoms with Crippen molar-refractivity contribution in [1.29, 1.82) is 0 Å². The van der Waals surface area contributed by atoms with E-state index in [0.29, 0.717) is 0 Å². The molecule has 1 rings (SSSR count). The van der Waals surface area contributed by atoms with Gasteiger partial charge in [-0.3, -0.25) is 4.79 Å². The Morgan fingerprint density at radius 1 is 1.31 bits per heavy atom. The van der Waals surface area contributed by atoms with Gasteiger partial charge in [0.2, 0.25) is 0 Å². The maximum absolute atomic E-state index is 10.8. The lowest BCUT2D eigenvalue weighted by molar-refractivity contribution is -0.142. The number of rotatable bonds is 4. The summed E-state index contributed by atoms with van der Waals surface area (Å²) in [5, 5.41) is 0. The molecule has 2 heteroatoms. The normalized spacial score (nSPS) is 9.62. The van der Waals surface area contributed by atoms with E-state index in [9.17, 15) is 4.79 Å². The summed E-state index contributed by atoms with van der Waals surface area (Å²) in [6.07, 6.45) is 3.53. The molecule has 1 aromatic carbocycles. The molecule has 0 unspecified atom stereocenters. The Balaban J connectivity index is 3.16. The minimum atomic E-state index is -0.286. The minimum absolute atomic E-state index is 0.262. The molecule has 0 N–H and O–H groups in total. The molecule has 0 heterocycles. The number of esters is 1. The number of aryl methyl sites for hydroxylation is 1. The van der Waals surface area contributed by atoms with E-state index in [0.717, 1.165) is 22.3 Å². The summed E-state index contributed by atoms with van der Waals surface area (Å²) >= 11 is 0. The highest BCUT2D eigenvalue weighted by Crippen LogP contribution is 2.21. The van der Waals surface area contributed by atoms with Gasteiger partial charge in [-0.15, -0.1) is 0 Å². The van der Waals surface area contributed by atoms with Crippen molar-refractivity contribution < 1.29 is 9.53 Å². The first-order valence-electron chi connectivity index (χ1n) is 5.10. The fourth-order valence-electron chi connectivity index (χ4n) is 1.58. The Morgan fingerprint density at radius 3 is 2.19 bits per heavy atom. The van der Waals surface area contributed by atoms with Crippen molar-refractivity contribution in [3.8, 4) is 0 Å². The van der Waals surface area contributed by atoms with Crippen LogP contribution in [0, 0.1) is 6.92 Å². The van der Waals surface area contributed by atoms with Crippen molar-refractivity contribution in [3.63, 3.8) is 0 Å². The molecule has 16 heavy (non-hydrogen) atoms. The highest BCUT2D eigenvalue weighted by atomic mass is 16.5. The second kappa shape index (κ2) is 5.31. The van der Waals surface area contributed by atoms with Crippen LogP contribution in [0.1, 0.15) is 29.2 Å². The molecule has 0 saturated carbocycles. The maximum Gasteiger partial charge on any atom is 0.302 e. The first-order chi connectivity index (χ1) is 7.58. The third-order valence-corrected chi connectivity index (χ3v) is 2.32. The lowest BCUT2D eigenvalue weighted by Crippen LogP contribution is -2.03. The first kappa shape index (κ1) is 12.2. The largest absolute Gasteiger partial charge is 0.461 e. The van der Waals surface area contributed by atoms with Crippen molar-refractivity contribution in [1.82, 2.24) is 0 Å². The average Bonchev–Trinajstić information content (AvgIpc) is 2.25. The number of carbonyl (C=O) groups excluding carboxylic acids is 1. The van der Waals surface area contributed by atoms with Gasteiger partial charge in [-0.05, 0) is 23.6 Å². The van der Waals surface area contributed by atoms with E-state index in [1.807, 2.05) is 19.1 Å². The van der Waals surface area contributed by atoms with Crippen molar-refractivity contribution >= 4 is 18.1 Å². The SMILES string of the molecule is C=Cc1cc(C)cc(C=C)c1COC(C)=O. The van der Waals surface area contributed by atoms with Gasteiger partial charge in [0.15, 0.2) is 0 Å². The van der Waals surface area contributed by atoms with Crippen LogP contribution in [0.3, 0.4) is 0 Å². The molecule has 0 saturated heterocycles. The van der Waals surface area contributed by atoms with E-state index in [-0.39, 0.29) is 12.6 Å². The molecule has 0 aliphatic rings. The molecular formula is C14H16O2. The van der Waals surface area contributed by atoms with Crippen LogP contribution in [0.15, 0.2) is 25.3 Å². The number of hydrogen-bond acceptors (Lipinski definition) is 2. The van der Waals surface area contributed by atoms with Crippen LogP contribution in [0.2, 0.25) is 0 Å². The van der Waals surface area contributed by atoms with E-state index in [1.165, 1.54) is 6.92 Å². The lowest BCUT2D eigenvalue weighted by Gasteiger charge is -2.11. The first-order valence-corrected chi connectivity index (χ1v) is 5.10. The molecule has 0 fully saturated rings. The van der Waals surface area contributed by atoms with Crippen LogP contribution in [-0.2, 0) is 16.1 Å². The fourth-order valence-corrected chi connectivity index (χ4v) is 1.58. The zero-order valence-electron chi connectivity index (χ0n) is 9.75. The van der Waals surface area contributed by atoms with E-state index in [4.69, 9.17) is 4.74 Å². The van der Waals surface area contributed by atoms with E-state index < -0.39 is 0 Å². The van der Waals surface area contributed by atoms with Gasteiger partial charge < -0.3 is 4.74 Å². The van der Waals surface area contributed by atoms with Crippen LogP contribution in [-0.4, -0.2) is 5.97 Å². The van der Waals surface area contributed by atoms with Crippen LogP contribution < -0.4 is 0 Å². The number of hydrogen-bond donors (Lipinski definition) is 0. The molecule has 0 amide bonds. The molecule has 0 radical (unpaired) electrons. The third kappa shape index (κ3) is 2.83. The summed E-state index contributed by atoms with van der Waals surface area (Å²) in [7, 11) is 0. The van der Waals surface area contributed by atoms with Crippen molar-refractivity contribution in [2.75, 3.05) is 0 Å². The molecule has 0 bridgehead atoms. The van der Waals surface area contributed by atoms with Gasteiger partial charge in [-0.2, -0.15) is 0 Å². The van der Waals surface area contributed by atoms with E-state index >= 15 is 0 Å². The molecular weight excluding hydrogens is 200 g/mol. The van der Waals surface area contributed by atoms with Crippen LogP contribution >= 0.6 is 0 Å². The predicted octanol–water partition coefficient (Wildman–Crippen LogP) is 3.34. The van der Waals surface area contributed by atoms with Gasteiger partial charge in [-0.25, -0.2) is 0 Å². The van der Waals surface area contributed by atoms with Crippen LogP contribution in [0.5, 0.6) is 0 Å². The zero-order chi connectivity index (χ0) is 12.1. The van der Waals surface area contributed by atoms with Gasteiger partial charge in [0.1, 0.15) is 6.61 Å². The van der Waals surface area contributed by atoms with Gasteiger partial charge in [-0.1, -0.05) is 37.4 Å². The van der Waals surface area contributed by atoms with Gasteiger partial charge in [0.25, 0.3) is 0 Å². The fraction of sp³-hybridized carbons (Fsp3) is 0.214. The molecule has 1 aromatic rings. The maximum atomic E-state index is 10.8. The lowest BCUT2D eigenvalue weighted by atomic mass is 9.98. The Bertz CT molecular complexity index is 401. The third-order valence-electron chi connectivity index (χ3n) is 2.32. The van der Waals surface area contributed by atoms with E-state index in [1.54, 1.807) is 12.2 Å². The number of carbonyl (C=O) groups is 1. The molecule has 0 aromatic heterocycles. The highest BCUT2D eigenvalue weighted by Gasteiger charge is 2.07. The summed E-state index contributed by atoms with van der Waals surface area (Å²) in [6, 6.07) is 4.03. The summed E-state index contributed by atoms with van der Waals surface area (Å²) in [5.41, 5.74) is 4.05. The van der Waals surface area contributed by atoms with Gasteiger partial charge in [0.05, 0.1) is 0 Å². The summed E-state index contributed by atoms with van der Waals surface area (Å²) in [4.78, 5) is 10.8. The predicted molar refractivity (Wildman–Crippen MR) is 66.8 cm³/mol. The van der Waals surface area contributed by atoms with Crippen molar-refractivity contribution in [2.45, 2.75) is 20.5 Å². The quantitative estimate of drug-likeness (QED) is 0.721. The number of ether oxygens (including phenoxy) is 1. The second-order valence-electron chi connectivity index (χ2n) is 3.61. The van der Waals surface area contributed by atoms with Gasteiger partial charge in [0, 0.05) is 12.5 Å². The van der Waals surface area contributed by atoms with Crippen LogP contribution in [0.25, 0.3) is 12.2 Å². The summed E-state index contributed by atoms with van der Waals surface area (Å²) < 4.78 is 5.02. The average molecular weight is 216 g/mol. The highest BCUT2D eigenvalue weighted by molar-refractivity contribution is 5.67. The Morgan fingerprint density at radius 2 is 1.81 bits per heavy atom.